The Morgan fingerprint density at radius 3 is 2.76 bits per heavy atom. The predicted molar refractivity (Wildman–Crippen MR) is 132 cm³/mol. The van der Waals surface area contributed by atoms with Crippen molar-refractivity contribution < 1.29 is 0 Å². The molecule has 5 rings (SSSR count). The smallest absolute Gasteiger partial charge is 0.276 e. The molecule has 168 valence electrons. The molecule has 7 nitrogen and oxygen atoms in total. The standard InChI is InChI=1S/C26H28N6O/c1-5-11-31-25(33)20-16-28-23(29-19-10-9-17-14-27-15-18(17)12-19)13-21(20)32(31)24-8-6-7-22(30-24)26(2,3)4/h5-10,12-13,16,27H,1,11,14-15H2,2-4H3,(H,28,29). The predicted octanol–water partition coefficient (Wildman–Crippen LogP) is 4.41. The minimum atomic E-state index is -0.115. The molecule has 0 bridgehead atoms. The number of pyridine rings is 2. The van der Waals surface area contributed by atoms with Crippen molar-refractivity contribution in [3.05, 3.63) is 88.5 Å². The van der Waals surface area contributed by atoms with E-state index in [0.717, 1.165) is 30.0 Å². The number of allylic oxidation sites excluding steroid dienone is 1. The minimum Gasteiger partial charge on any atom is -0.340 e. The van der Waals surface area contributed by atoms with Gasteiger partial charge in [0.15, 0.2) is 5.82 Å². The van der Waals surface area contributed by atoms with Crippen molar-refractivity contribution in [3.8, 4) is 5.82 Å². The number of anilines is 2. The summed E-state index contributed by atoms with van der Waals surface area (Å²) in [4.78, 5) is 22.6. The van der Waals surface area contributed by atoms with E-state index in [0.29, 0.717) is 23.6 Å². The molecule has 0 radical (unpaired) electrons. The molecule has 1 aliphatic heterocycles. The van der Waals surface area contributed by atoms with Crippen LogP contribution in [-0.4, -0.2) is 19.3 Å². The third-order valence-electron chi connectivity index (χ3n) is 5.95. The number of hydrogen-bond acceptors (Lipinski definition) is 5. The van der Waals surface area contributed by atoms with Crippen LogP contribution in [0.4, 0.5) is 11.5 Å². The number of aromatic nitrogens is 4. The lowest BCUT2D eigenvalue weighted by Crippen LogP contribution is -2.23. The number of nitrogens with zero attached hydrogens (tertiary/aromatic N) is 4. The SMILES string of the molecule is C=CCn1c(=O)c2cnc(Nc3ccc4c(c3)CNC4)cc2n1-c1cccc(C(C)(C)C)n1. The van der Waals surface area contributed by atoms with Crippen molar-refractivity contribution in [2.45, 2.75) is 45.8 Å². The zero-order chi connectivity index (χ0) is 23.2. The lowest BCUT2D eigenvalue weighted by molar-refractivity contribution is 0.555. The Bertz CT molecular complexity index is 1420. The monoisotopic (exact) mass is 440 g/mol. The molecule has 4 heterocycles. The van der Waals surface area contributed by atoms with E-state index in [9.17, 15) is 4.79 Å². The summed E-state index contributed by atoms with van der Waals surface area (Å²) in [6.45, 7) is 12.4. The molecule has 1 aromatic carbocycles. The van der Waals surface area contributed by atoms with Gasteiger partial charge < -0.3 is 10.6 Å². The molecule has 0 aliphatic carbocycles. The molecular weight excluding hydrogens is 412 g/mol. The molecule has 4 aromatic rings. The Kier molecular flexibility index (Phi) is 5.13. The van der Waals surface area contributed by atoms with Crippen LogP contribution >= 0.6 is 0 Å². The van der Waals surface area contributed by atoms with E-state index in [4.69, 9.17) is 4.98 Å². The fraction of sp³-hybridized carbons (Fsp3) is 0.269. The number of nitrogens with one attached hydrogen (secondary N) is 2. The fourth-order valence-corrected chi connectivity index (χ4v) is 4.23. The minimum absolute atomic E-state index is 0.112. The Hall–Kier alpha value is -3.71. The molecule has 0 saturated carbocycles. The summed E-state index contributed by atoms with van der Waals surface area (Å²) in [5, 5.41) is 7.31. The van der Waals surface area contributed by atoms with E-state index in [2.05, 4.69) is 61.2 Å². The van der Waals surface area contributed by atoms with Gasteiger partial charge >= 0.3 is 0 Å². The summed E-state index contributed by atoms with van der Waals surface area (Å²) in [7, 11) is 0. The molecule has 0 spiro atoms. The van der Waals surface area contributed by atoms with Gasteiger partial charge in [0.25, 0.3) is 5.56 Å². The lowest BCUT2D eigenvalue weighted by atomic mass is 9.92. The maximum atomic E-state index is 13.2. The first-order valence-corrected chi connectivity index (χ1v) is 11.1. The Morgan fingerprint density at radius 1 is 1.15 bits per heavy atom. The van der Waals surface area contributed by atoms with Gasteiger partial charge in [-0.25, -0.2) is 19.3 Å². The van der Waals surface area contributed by atoms with Crippen LogP contribution in [0.3, 0.4) is 0 Å². The molecule has 0 fully saturated rings. The van der Waals surface area contributed by atoms with Crippen molar-refractivity contribution in [2.75, 3.05) is 5.32 Å². The zero-order valence-corrected chi connectivity index (χ0v) is 19.2. The number of fused-ring (bicyclic) bond motifs is 2. The molecule has 33 heavy (non-hydrogen) atoms. The van der Waals surface area contributed by atoms with Gasteiger partial charge in [-0.1, -0.05) is 39.0 Å². The van der Waals surface area contributed by atoms with Crippen LogP contribution in [0.1, 0.15) is 37.6 Å². The normalized spacial score (nSPS) is 13.3. The van der Waals surface area contributed by atoms with Crippen molar-refractivity contribution in [1.82, 2.24) is 24.6 Å². The summed E-state index contributed by atoms with van der Waals surface area (Å²) in [6, 6.07) is 14.2. The van der Waals surface area contributed by atoms with Crippen molar-refractivity contribution in [1.29, 1.82) is 0 Å². The third kappa shape index (κ3) is 3.85. The average Bonchev–Trinajstić information content (AvgIpc) is 3.36. The van der Waals surface area contributed by atoms with Crippen LogP contribution < -0.4 is 16.2 Å². The molecule has 0 amide bonds. The summed E-state index contributed by atoms with van der Waals surface area (Å²) in [5.41, 5.74) is 5.06. The first-order valence-electron chi connectivity index (χ1n) is 11.1. The first kappa shape index (κ1) is 21.2. The summed E-state index contributed by atoms with van der Waals surface area (Å²) >= 11 is 0. The van der Waals surface area contributed by atoms with Crippen molar-refractivity contribution >= 4 is 22.4 Å². The van der Waals surface area contributed by atoms with Crippen LogP contribution in [0.25, 0.3) is 16.7 Å². The molecule has 0 unspecified atom stereocenters. The van der Waals surface area contributed by atoms with E-state index in [-0.39, 0.29) is 11.0 Å². The molecule has 0 saturated heterocycles. The number of hydrogen-bond donors (Lipinski definition) is 2. The van der Waals surface area contributed by atoms with Crippen LogP contribution in [0.5, 0.6) is 0 Å². The van der Waals surface area contributed by atoms with E-state index in [1.54, 1.807) is 17.0 Å². The van der Waals surface area contributed by atoms with Gasteiger partial charge in [0.2, 0.25) is 0 Å². The van der Waals surface area contributed by atoms with Gasteiger partial charge in [0.05, 0.1) is 17.4 Å². The Morgan fingerprint density at radius 2 is 1.97 bits per heavy atom. The maximum absolute atomic E-state index is 13.2. The van der Waals surface area contributed by atoms with Crippen LogP contribution in [-0.2, 0) is 25.0 Å². The summed E-state index contributed by atoms with van der Waals surface area (Å²) < 4.78 is 3.52. The highest BCUT2D eigenvalue weighted by Gasteiger charge is 2.20. The second-order valence-electron chi connectivity index (χ2n) is 9.42. The first-order chi connectivity index (χ1) is 15.8. The summed E-state index contributed by atoms with van der Waals surface area (Å²) in [6.07, 6.45) is 3.36. The maximum Gasteiger partial charge on any atom is 0.276 e. The van der Waals surface area contributed by atoms with E-state index >= 15 is 0 Å². The second kappa shape index (κ2) is 8.01. The lowest BCUT2D eigenvalue weighted by Gasteiger charge is -2.19. The van der Waals surface area contributed by atoms with Gasteiger partial charge in [-0.05, 0) is 35.4 Å². The van der Waals surface area contributed by atoms with Gasteiger partial charge in [0.1, 0.15) is 5.82 Å². The highest BCUT2D eigenvalue weighted by molar-refractivity contribution is 5.82. The van der Waals surface area contributed by atoms with Gasteiger partial charge in [-0.15, -0.1) is 6.58 Å². The molecule has 2 N–H and O–H groups in total. The van der Waals surface area contributed by atoms with Crippen molar-refractivity contribution in [3.63, 3.8) is 0 Å². The van der Waals surface area contributed by atoms with Gasteiger partial charge in [0, 0.05) is 42.1 Å². The van der Waals surface area contributed by atoms with Crippen LogP contribution in [0.15, 0.2) is 66.1 Å². The second-order valence-corrected chi connectivity index (χ2v) is 9.42. The Balaban J connectivity index is 1.64. The summed E-state index contributed by atoms with van der Waals surface area (Å²) in [5.74, 6) is 1.36. The third-order valence-corrected chi connectivity index (χ3v) is 5.95. The zero-order valence-electron chi connectivity index (χ0n) is 19.2. The van der Waals surface area contributed by atoms with E-state index < -0.39 is 0 Å². The highest BCUT2D eigenvalue weighted by atomic mass is 16.1. The molecule has 0 atom stereocenters. The average molecular weight is 441 g/mol. The largest absolute Gasteiger partial charge is 0.340 e. The Labute approximate surface area is 192 Å². The topological polar surface area (TPSA) is 76.8 Å². The molecule has 3 aromatic heterocycles. The van der Waals surface area contributed by atoms with Gasteiger partial charge in [-0.2, -0.15) is 0 Å². The van der Waals surface area contributed by atoms with Gasteiger partial charge in [-0.3, -0.25) is 4.79 Å². The quantitative estimate of drug-likeness (QED) is 0.450. The highest BCUT2D eigenvalue weighted by Crippen LogP contribution is 2.26. The van der Waals surface area contributed by atoms with E-state index in [1.807, 2.05) is 28.9 Å². The van der Waals surface area contributed by atoms with Crippen molar-refractivity contribution in [2.24, 2.45) is 0 Å². The molecular formula is C26H28N6O. The number of benzene rings is 1. The number of rotatable bonds is 5. The van der Waals surface area contributed by atoms with Crippen LogP contribution in [0, 0.1) is 0 Å². The molecule has 1 aliphatic rings. The molecule has 7 heteroatoms. The van der Waals surface area contributed by atoms with Crippen LogP contribution in [0.2, 0.25) is 0 Å². The fourth-order valence-electron chi connectivity index (χ4n) is 4.23. The van der Waals surface area contributed by atoms with E-state index in [1.165, 1.54) is 11.1 Å².